The molecule has 17 heavy (non-hydrogen) atoms. The Morgan fingerprint density at radius 1 is 1.47 bits per heavy atom. The van der Waals surface area contributed by atoms with E-state index in [-0.39, 0.29) is 17.5 Å². The van der Waals surface area contributed by atoms with E-state index in [2.05, 4.69) is 21.2 Å². The SMILES string of the molecule is CCS(=O)(=O)CC(C)Nc1cc(Cl)ccc1Br. The molecule has 1 unspecified atom stereocenters. The van der Waals surface area contributed by atoms with Crippen molar-refractivity contribution in [3.05, 3.63) is 27.7 Å². The lowest BCUT2D eigenvalue weighted by Gasteiger charge is -2.16. The van der Waals surface area contributed by atoms with E-state index in [4.69, 9.17) is 11.6 Å². The van der Waals surface area contributed by atoms with Crippen LogP contribution in [0, 0.1) is 0 Å². The molecule has 0 radical (unpaired) electrons. The molecular formula is C11H15BrClNO2S. The third-order valence-electron chi connectivity index (χ3n) is 2.27. The first-order chi connectivity index (χ1) is 7.84. The quantitative estimate of drug-likeness (QED) is 0.894. The van der Waals surface area contributed by atoms with Gasteiger partial charge >= 0.3 is 0 Å². The Hall–Kier alpha value is -0.260. The lowest BCUT2D eigenvalue weighted by molar-refractivity contribution is 0.593. The molecule has 1 rings (SSSR count). The molecule has 0 saturated carbocycles. The number of rotatable bonds is 5. The zero-order valence-corrected chi connectivity index (χ0v) is 12.9. The molecule has 0 amide bonds. The van der Waals surface area contributed by atoms with Crippen molar-refractivity contribution in [1.29, 1.82) is 0 Å². The maximum Gasteiger partial charge on any atom is 0.152 e. The van der Waals surface area contributed by atoms with E-state index >= 15 is 0 Å². The van der Waals surface area contributed by atoms with E-state index in [9.17, 15) is 8.42 Å². The van der Waals surface area contributed by atoms with Gasteiger partial charge in [-0.2, -0.15) is 0 Å². The highest BCUT2D eigenvalue weighted by atomic mass is 79.9. The molecule has 0 fully saturated rings. The molecule has 0 heterocycles. The highest BCUT2D eigenvalue weighted by Gasteiger charge is 2.14. The van der Waals surface area contributed by atoms with Gasteiger partial charge in [0.25, 0.3) is 0 Å². The van der Waals surface area contributed by atoms with Gasteiger partial charge in [-0.15, -0.1) is 0 Å². The second-order valence-corrected chi connectivity index (χ2v) is 7.56. The summed E-state index contributed by atoms with van der Waals surface area (Å²) in [5.74, 6) is 0.276. The number of hydrogen-bond acceptors (Lipinski definition) is 3. The van der Waals surface area contributed by atoms with Crippen LogP contribution < -0.4 is 5.32 Å². The highest BCUT2D eigenvalue weighted by Crippen LogP contribution is 2.26. The van der Waals surface area contributed by atoms with Gasteiger partial charge in [-0.1, -0.05) is 18.5 Å². The molecule has 0 aliphatic heterocycles. The second kappa shape index (κ2) is 6.07. The van der Waals surface area contributed by atoms with Crippen LogP contribution in [0.25, 0.3) is 0 Å². The molecule has 0 aliphatic rings. The fourth-order valence-electron chi connectivity index (χ4n) is 1.41. The van der Waals surface area contributed by atoms with Crippen LogP contribution in [0.15, 0.2) is 22.7 Å². The first kappa shape index (κ1) is 14.8. The Balaban J connectivity index is 2.74. The van der Waals surface area contributed by atoms with Crippen LogP contribution in [0.2, 0.25) is 5.02 Å². The monoisotopic (exact) mass is 339 g/mol. The third kappa shape index (κ3) is 4.85. The Kier molecular flexibility index (Phi) is 5.28. The van der Waals surface area contributed by atoms with E-state index in [0.29, 0.717) is 5.02 Å². The van der Waals surface area contributed by atoms with E-state index < -0.39 is 9.84 Å². The minimum atomic E-state index is -2.97. The molecule has 1 aromatic carbocycles. The summed E-state index contributed by atoms with van der Waals surface area (Å²) in [6.45, 7) is 3.48. The van der Waals surface area contributed by atoms with Gasteiger partial charge in [-0.05, 0) is 41.1 Å². The molecule has 1 N–H and O–H groups in total. The standard InChI is InChI=1S/C11H15BrClNO2S/c1-3-17(15,16)7-8(2)14-11-6-9(13)4-5-10(11)12/h4-6,8,14H,3,7H2,1-2H3. The summed E-state index contributed by atoms with van der Waals surface area (Å²) in [5, 5.41) is 3.74. The molecule has 96 valence electrons. The second-order valence-electron chi connectivity index (χ2n) is 3.87. The van der Waals surface area contributed by atoms with Crippen molar-refractivity contribution in [1.82, 2.24) is 0 Å². The number of sulfone groups is 1. The van der Waals surface area contributed by atoms with Gasteiger partial charge in [0, 0.05) is 21.3 Å². The van der Waals surface area contributed by atoms with Crippen LogP contribution in [0.3, 0.4) is 0 Å². The van der Waals surface area contributed by atoms with Gasteiger partial charge in [-0.3, -0.25) is 0 Å². The zero-order valence-electron chi connectivity index (χ0n) is 9.70. The number of nitrogens with one attached hydrogen (secondary N) is 1. The largest absolute Gasteiger partial charge is 0.381 e. The van der Waals surface area contributed by atoms with Crippen LogP contribution in [0.5, 0.6) is 0 Å². The average molecular weight is 341 g/mol. The van der Waals surface area contributed by atoms with E-state index in [1.807, 2.05) is 13.0 Å². The molecule has 0 aliphatic carbocycles. The molecule has 0 spiro atoms. The lowest BCUT2D eigenvalue weighted by Crippen LogP contribution is -2.26. The van der Waals surface area contributed by atoms with Crippen LogP contribution >= 0.6 is 27.5 Å². The van der Waals surface area contributed by atoms with Gasteiger partial charge in [0.05, 0.1) is 11.4 Å². The summed E-state index contributed by atoms with van der Waals surface area (Å²) < 4.78 is 23.8. The molecule has 1 atom stereocenters. The number of hydrogen-bond donors (Lipinski definition) is 1. The van der Waals surface area contributed by atoms with E-state index in [1.165, 1.54) is 0 Å². The van der Waals surface area contributed by atoms with Crippen LogP contribution in [-0.2, 0) is 9.84 Å². The number of halogens is 2. The summed E-state index contributed by atoms with van der Waals surface area (Å²) in [6.07, 6.45) is 0. The Morgan fingerprint density at radius 3 is 2.71 bits per heavy atom. The van der Waals surface area contributed by atoms with Gasteiger partial charge in [0.15, 0.2) is 9.84 Å². The smallest absolute Gasteiger partial charge is 0.152 e. The first-order valence-corrected chi connectivity index (χ1v) is 8.25. The minimum Gasteiger partial charge on any atom is -0.381 e. The van der Waals surface area contributed by atoms with Crippen LogP contribution in [-0.4, -0.2) is 26.0 Å². The molecule has 6 heteroatoms. The fraction of sp³-hybridized carbons (Fsp3) is 0.455. The average Bonchev–Trinajstić information content (AvgIpc) is 2.23. The maximum atomic E-state index is 11.5. The number of anilines is 1. The fourth-order valence-corrected chi connectivity index (χ4v) is 3.03. The molecule has 3 nitrogen and oxygen atoms in total. The first-order valence-electron chi connectivity index (χ1n) is 5.26. The van der Waals surface area contributed by atoms with Crippen molar-refractivity contribution in [3.8, 4) is 0 Å². The summed E-state index contributed by atoms with van der Waals surface area (Å²) >= 11 is 9.27. The summed E-state index contributed by atoms with van der Waals surface area (Å²) in [7, 11) is -2.97. The van der Waals surface area contributed by atoms with E-state index in [0.717, 1.165) is 10.2 Å². The van der Waals surface area contributed by atoms with Crippen LogP contribution in [0.1, 0.15) is 13.8 Å². The van der Waals surface area contributed by atoms with E-state index in [1.54, 1.807) is 19.1 Å². The van der Waals surface area contributed by atoms with Crippen molar-refractivity contribution >= 4 is 43.1 Å². The Morgan fingerprint density at radius 2 is 2.12 bits per heavy atom. The number of benzene rings is 1. The van der Waals surface area contributed by atoms with Gasteiger partial charge in [0.1, 0.15) is 0 Å². The molecule has 1 aromatic rings. The van der Waals surface area contributed by atoms with Gasteiger partial charge < -0.3 is 5.32 Å². The van der Waals surface area contributed by atoms with Crippen molar-refractivity contribution in [2.75, 3.05) is 16.8 Å². The summed E-state index contributed by atoms with van der Waals surface area (Å²) in [4.78, 5) is 0. The predicted octanol–water partition coefficient (Wildman–Crippen LogP) is 3.34. The van der Waals surface area contributed by atoms with Crippen molar-refractivity contribution in [2.24, 2.45) is 0 Å². The normalized spacial score (nSPS) is 13.4. The predicted molar refractivity (Wildman–Crippen MR) is 76.6 cm³/mol. The third-order valence-corrected chi connectivity index (χ3v) is 5.09. The van der Waals surface area contributed by atoms with Crippen molar-refractivity contribution in [3.63, 3.8) is 0 Å². The lowest BCUT2D eigenvalue weighted by atomic mass is 10.3. The zero-order chi connectivity index (χ0) is 13.1. The van der Waals surface area contributed by atoms with Gasteiger partial charge in [0.2, 0.25) is 0 Å². The molecular weight excluding hydrogens is 326 g/mol. The summed E-state index contributed by atoms with van der Waals surface area (Å²) in [6, 6.07) is 5.20. The molecule has 0 bridgehead atoms. The molecule has 0 saturated heterocycles. The van der Waals surface area contributed by atoms with Gasteiger partial charge in [-0.25, -0.2) is 8.42 Å². The maximum absolute atomic E-state index is 11.5. The summed E-state index contributed by atoms with van der Waals surface area (Å²) in [5.41, 5.74) is 0.802. The Bertz CT molecular complexity index is 490. The van der Waals surface area contributed by atoms with Crippen LogP contribution in [0.4, 0.5) is 5.69 Å². The minimum absolute atomic E-state index is 0.114. The van der Waals surface area contributed by atoms with Crippen molar-refractivity contribution in [2.45, 2.75) is 19.9 Å². The Labute approximate surface area is 116 Å². The topological polar surface area (TPSA) is 46.2 Å². The van der Waals surface area contributed by atoms with Crippen molar-refractivity contribution < 1.29 is 8.42 Å². The highest BCUT2D eigenvalue weighted by molar-refractivity contribution is 9.10. The molecule has 0 aromatic heterocycles.